The molecule has 1 aromatic rings. The van der Waals surface area contributed by atoms with Crippen molar-refractivity contribution in [3.63, 3.8) is 0 Å². The Morgan fingerprint density at radius 2 is 1.16 bits per heavy atom. The summed E-state index contributed by atoms with van der Waals surface area (Å²) in [5.74, 6) is 0. The van der Waals surface area contributed by atoms with Gasteiger partial charge < -0.3 is 0 Å². The fourth-order valence-electron chi connectivity index (χ4n) is 1.05. The van der Waals surface area contributed by atoms with Crippen LogP contribution in [0.25, 0.3) is 12.2 Å². The smallest absolute Gasteiger partial charge is 0.0188 e. The second-order valence-electron chi connectivity index (χ2n) is 2.32. The summed E-state index contributed by atoms with van der Waals surface area (Å²) >= 11 is 0. The third-order valence-corrected chi connectivity index (χ3v) is 1.60. The summed E-state index contributed by atoms with van der Waals surface area (Å²) in [4.78, 5) is 0. The van der Waals surface area contributed by atoms with Gasteiger partial charge in [0, 0.05) is 0 Å². The minimum absolute atomic E-state index is 0. The van der Waals surface area contributed by atoms with E-state index in [2.05, 4.69) is 24.8 Å². The predicted octanol–water partition coefficient (Wildman–Crippen LogP) is 5.80. The van der Waals surface area contributed by atoms with Crippen molar-refractivity contribution in [1.29, 1.82) is 0 Å². The summed E-state index contributed by atoms with van der Waals surface area (Å²) in [6, 6.07) is 8.24. The van der Waals surface area contributed by atoms with Crippen LogP contribution in [0.15, 0.2) is 36.9 Å². The average Bonchev–Trinajstić information content (AvgIpc) is 2.46. The Hall–Kier alpha value is -1.30. The molecule has 1 aromatic carbocycles. The molecule has 114 valence electrons. The third-order valence-electron chi connectivity index (χ3n) is 1.60. The van der Waals surface area contributed by atoms with E-state index in [4.69, 9.17) is 0 Å². The van der Waals surface area contributed by atoms with Crippen LogP contribution < -0.4 is 10.4 Å². The summed E-state index contributed by atoms with van der Waals surface area (Å²) < 4.78 is 0. The maximum atomic E-state index is 3.66. The van der Waals surface area contributed by atoms with Gasteiger partial charge in [0.25, 0.3) is 0 Å². The first kappa shape index (κ1) is 30.6. The van der Waals surface area contributed by atoms with E-state index in [9.17, 15) is 0 Å². The molecule has 0 spiro atoms. The summed E-state index contributed by atoms with van der Waals surface area (Å²) in [5, 5.41) is 2.48. The van der Waals surface area contributed by atoms with E-state index in [1.807, 2.05) is 72.8 Å². The molecular weight excluding hydrogens is 228 g/mol. The zero-order chi connectivity index (χ0) is 14.1. The topological polar surface area (TPSA) is 0 Å². The lowest BCUT2D eigenvalue weighted by molar-refractivity contribution is 1.50. The second-order valence-corrected chi connectivity index (χ2v) is 2.32. The van der Waals surface area contributed by atoms with E-state index in [0.717, 1.165) is 0 Å². The molecule has 0 N–H and O–H groups in total. The Labute approximate surface area is 123 Å². The van der Waals surface area contributed by atoms with Crippen LogP contribution in [0, 0.1) is 0 Å². The number of hydrogen-bond acceptors (Lipinski definition) is 0. The van der Waals surface area contributed by atoms with E-state index < -0.39 is 0 Å². The minimum atomic E-state index is 0. The van der Waals surface area contributed by atoms with Gasteiger partial charge in [0.05, 0.1) is 0 Å². The first-order valence-corrected chi connectivity index (χ1v) is 6.72. The molecule has 0 heterocycles. The van der Waals surface area contributed by atoms with Crippen molar-refractivity contribution < 1.29 is 0 Å². The lowest BCUT2D eigenvalue weighted by Gasteiger charge is -1.86. The molecule has 1 rings (SSSR count). The first-order valence-electron chi connectivity index (χ1n) is 6.72. The molecule has 0 saturated heterocycles. The summed E-state index contributed by atoms with van der Waals surface area (Å²) in [6.07, 6.45) is 5.91. The van der Waals surface area contributed by atoms with Crippen LogP contribution in [0.5, 0.6) is 0 Å². The van der Waals surface area contributed by atoms with Gasteiger partial charge in [-0.25, -0.2) is 0 Å². The number of rotatable bonds is 1. The van der Waals surface area contributed by atoms with Gasteiger partial charge in [0.15, 0.2) is 0 Å². The van der Waals surface area contributed by atoms with Crippen LogP contribution >= 0.6 is 0 Å². The second kappa shape index (κ2) is 30.1. The van der Waals surface area contributed by atoms with Gasteiger partial charge in [-0.3, -0.25) is 0 Å². The molecule has 0 aliphatic carbocycles. The standard InChI is InChI=1S/C11H12.3C2H6.2CH4/c1-3-7-11-9-6-5-8-10(11)4-2;3*1-2;;/h3-9H,1H2,2H3;3*1-2H3;2*1H4/b10-4-,11-7-;;;;;. The Bertz CT molecular complexity index is 345. The van der Waals surface area contributed by atoms with E-state index in [0.29, 0.717) is 0 Å². The lowest BCUT2D eigenvalue weighted by atomic mass is 10.2. The minimum Gasteiger partial charge on any atom is -0.0990 e. The molecule has 0 aliphatic heterocycles. The van der Waals surface area contributed by atoms with E-state index in [1.165, 1.54) is 10.4 Å². The molecule has 0 nitrogen and oxygen atoms in total. The molecule has 0 atom stereocenters. The van der Waals surface area contributed by atoms with Crippen molar-refractivity contribution >= 4 is 12.2 Å². The first-order chi connectivity index (χ1) is 8.38. The van der Waals surface area contributed by atoms with Gasteiger partial charge in [-0.05, 0) is 17.4 Å². The molecule has 0 saturated carbocycles. The van der Waals surface area contributed by atoms with Gasteiger partial charge >= 0.3 is 0 Å². The molecule has 0 unspecified atom stereocenters. The molecule has 0 fully saturated rings. The van der Waals surface area contributed by atoms with Gasteiger partial charge in [-0.1, -0.05) is 105 Å². The number of hydrogen-bond donors (Lipinski definition) is 0. The average molecular weight is 267 g/mol. The van der Waals surface area contributed by atoms with Gasteiger partial charge in [0.2, 0.25) is 0 Å². The van der Waals surface area contributed by atoms with Crippen molar-refractivity contribution in [3.05, 3.63) is 47.4 Å². The number of benzene rings is 1. The van der Waals surface area contributed by atoms with E-state index >= 15 is 0 Å². The van der Waals surface area contributed by atoms with Gasteiger partial charge in [0.1, 0.15) is 0 Å². The quantitative estimate of drug-likeness (QED) is 0.602. The molecule has 0 bridgehead atoms. The fraction of sp³-hybridized carbons (Fsp3) is 0.474. The SMILES string of the molecule is C.C.C=C/C=c1/cccc/c1=C/C.CC.CC.CC. The molecule has 0 heteroatoms. The van der Waals surface area contributed by atoms with E-state index in [-0.39, 0.29) is 14.9 Å². The Balaban J connectivity index is -0.0000000724. The fourth-order valence-corrected chi connectivity index (χ4v) is 1.05. The summed E-state index contributed by atoms with van der Waals surface area (Å²) in [7, 11) is 0. The maximum absolute atomic E-state index is 3.66. The van der Waals surface area contributed by atoms with Gasteiger partial charge in [-0.15, -0.1) is 0 Å². The Morgan fingerprint density at radius 3 is 1.47 bits per heavy atom. The van der Waals surface area contributed by atoms with Crippen LogP contribution in [0.1, 0.15) is 63.3 Å². The van der Waals surface area contributed by atoms with Crippen molar-refractivity contribution in [2.75, 3.05) is 0 Å². The Morgan fingerprint density at radius 1 is 0.789 bits per heavy atom. The number of allylic oxidation sites excluding steroid dienone is 1. The van der Waals surface area contributed by atoms with Crippen LogP contribution in [0.2, 0.25) is 0 Å². The highest BCUT2D eigenvalue weighted by Crippen LogP contribution is 1.72. The molecule has 0 aromatic heterocycles. The Kier molecular flexibility index (Phi) is 48.4. The lowest BCUT2D eigenvalue weighted by Crippen LogP contribution is -2.22. The van der Waals surface area contributed by atoms with Crippen LogP contribution in [0.4, 0.5) is 0 Å². The monoisotopic (exact) mass is 266 g/mol. The van der Waals surface area contributed by atoms with Crippen LogP contribution in [0.3, 0.4) is 0 Å². The van der Waals surface area contributed by atoms with Crippen molar-refractivity contribution in [3.8, 4) is 0 Å². The van der Waals surface area contributed by atoms with Gasteiger partial charge in [-0.2, -0.15) is 0 Å². The predicted molar refractivity (Wildman–Crippen MR) is 98.0 cm³/mol. The third kappa shape index (κ3) is 16.7. The van der Waals surface area contributed by atoms with Crippen LogP contribution in [-0.4, -0.2) is 0 Å². The van der Waals surface area contributed by atoms with Crippen molar-refractivity contribution in [1.82, 2.24) is 0 Å². The maximum Gasteiger partial charge on any atom is -0.0188 e. The molecule has 19 heavy (non-hydrogen) atoms. The molecule has 0 amide bonds. The highest BCUT2D eigenvalue weighted by atomic mass is 13.8. The zero-order valence-corrected chi connectivity index (χ0v) is 12.7. The van der Waals surface area contributed by atoms with Crippen molar-refractivity contribution in [2.24, 2.45) is 0 Å². The molecule has 0 radical (unpaired) electrons. The molecule has 0 aliphatic rings. The van der Waals surface area contributed by atoms with E-state index in [1.54, 1.807) is 0 Å². The zero-order valence-electron chi connectivity index (χ0n) is 12.7. The normalized spacial score (nSPS) is 8.79. The van der Waals surface area contributed by atoms with Crippen molar-refractivity contribution in [2.45, 2.75) is 63.3 Å². The van der Waals surface area contributed by atoms with Crippen LogP contribution in [-0.2, 0) is 0 Å². The highest BCUT2D eigenvalue weighted by Gasteiger charge is 1.78. The summed E-state index contributed by atoms with van der Waals surface area (Å²) in [5.41, 5.74) is 0. The summed E-state index contributed by atoms with van der Waals surface area (Å²) in [6.45, 7) is 17.7. The highest BCUT2D eigenvalue weighted by molar-refractivity contribution is 5.37. The largest absolute Gasteiger partial charge is 0.0990 e. The molecular formula is C19H38.